The van der Waals surface area contributed by atoms with Crippen molar-refractivity contribution < 1.29 is 9.59 Å². The normalized spacial score (nSPS) is 20.6. The van der Waals surface area contributed by atoms with Crippen LogP contribution in [-0.2, 0) is 9.59 Å². The largest absolute Gasteiger partial charge is 0.398 e. The highest BCUT2D eigenvalue weighted by atomic mass is 16.2. The van der Waals surface area contributed by atoms with Gasteiger partial charge in [0, 0.05) is 18.0 Å². The first kappa shape index (κ1) is 10.7. The summed E-state index contributed by atoms with van der Waals surface area (Å²) in [5.41, 5.74) is 7.87. The Hall–Kier alpha value is -1.84. The van der Waals surface area contributed by atoms with Crippen molar-refractivity contribution in [1.29, 1.82) is 0 Å². The monoisotopic (exact) mass is 218 g/mol. The lowest BCUT2D eigenvalue weighted by atomic mass is 10.1. The molecule has 2 rings (SSSR count). The van der Waals surface area contributed by atoms with Crippen LogP contribution in [0.25, 0.3) is 0 Å². The van der Waals surface area contributed by atoms with Gasteiger partial charge in [-0.2, -0.15) is 0 Å². The molecule has 0 radical (unpaired) electrons. The van der Waals surface area contributed by atoms with Gasteiger partial charge in [-0.05, 0) is 24.6 Å². The number of anilines is 2. The Morgan fingerprint density at radius 2 is 2.06 bits per heavy atom. The molecule has 1 aliphatic heterocycles. The first-order valence-corrected chi connectivity index (χ1v) is 5.23. The third-order valence-corrected chi connectivity index (χ3v) is 2.89. The minimum atomic E-state index is -0.227. The molecule has 1 atom stereocenters. The van der Waals surface area contributed by atoms with Crippen LogP contribution < -0.4 is 10.6 Å². The Labute approximate surface area is 94.0 Å². The predicted molar refractivity (Wildman–Crippen MR) is 61.9 cm³/mol. The first-order chi connectivity index (χ1) is 7.50. The van der Waals surface area contributed by atoms with Crippen molar-refractivity contribution in [2.24, 2.45) is 5.92 Å². The Bertz CT molecular complexity index is 468. The molecule has 84 valence electrons. The van der Waals surface area contributed by atoms with E-state index in [1.807, 2.05) is 13.0 Å². The van der Waals surface area contributed by atoms with E-state index in [-0.39, 0.29) is 24.2 Å². The van der Waals surface area contributed by atoms with E-state index in [1.54, 1.807) is 19.1 Å². The molecule has 1 heterocycles. The SMILES string of the molecule is Cc1ccc(N2C(=O)CC(C)C2=O)cc1N. The molecular weight excluding hydrogens is 204 g/mol. The van der Waals surface area contributed by atoms with Gasteiger partial charge < -0.3 is 5.73 Å². The lowest BCUT2D eigenvalue weighted by Gasteiger charge is -2.15. The molecule has 4 nitrogen and oxygen atoms in total. The summed E-state index contributed by atoms with van der Waals surface area (Å²) in [6.07, 6.45) is 0.284. The second-order valence-corrected chi connectivity index (χ2v) is 4.21. The van der Waals surface area contributed by atoms with Crippen LogP contribution in [0.15, 0.2) is 18.2 Å². The van der Waals surface area contributed by atoms with E-state index < -0.39 is 0 Å². The molecule has 0 spiro atoms. The minimum Gasteiger partial charge on any atom is -0.398 e. The molecule has 1 aromatic rings. The fourth-order valence-corrected chi connectivity index (χ4v) is 1.82. The fraction of sp³-hybridized carbons (Fsp3) is 0.333. The maximum Gasteiger partial charge on any atom is 0.237 e. The van der Waals surface area contributed by atoms with E-state index in [0.29, 0.717) is 11.4 Å². The van der Waals surface area contributed by atoms with E-state index in [0.717, 1.165) is 5.56 Å². The summed E-state index contributed by atoms with van der Waals surface area (Å²) in [5, 5.41) is 0. The van der Waals surface area contributed by atoms with Gasteiger partial charge in [-0.15, -0.1) is 0 Å². The highest BCUT2D eigenvalue weighted by Gasteiger charge is 2.36. The molecule has 1 saturated heterocycles. The number of rotatable bonds is 1. The summed E-state index contributed by atoms with van der Waals surface area (Å²) in [5.74, 6) is -0.524. The van der Waals surface area contributed by atoms with E-state index >= 15 is 0 Å². The summed E-state index contributed by atoms with van der Waals surface area (Å²) < 4.78 is 0. The molecule has 1 unspecified atom stereocenters. The van der Waals surface area contributed by atoms with Gasteiger partial charge in [0.05, 0.1) is 5.69 Å². The van der Waals surface area contributed by atoms with Crippen molar-refractivity contribution >= 4 is 23.2 Å². The second kappa shape index (κ2) is 3.63. The van der Waals surface area contributed by atoms with Gasteiger partial charge in [-0.3, -0.25) is 14.5 Å². The molecule has 1 fully saturated rings. The Morgan fingerprint density at radius 3 is 2.56 bits per heavy atom. The van der Waals surface area contributed by atoms with Crippen molar-refractivity contribution in [3.8, 4) is 0 Å². The van der Waals surface area contributed by atoms with Crippen LogP contribution in [-0.4, -0.2) is 11.8 Å². The van der Waals surface area contributed by atoms with Crippen molar-refractivity contribution in [2.75, 3.05) is 10.6 Å². The average molecular weight is 218 g/mol. The van der Waals surface area contributed by atoms with E-state index in [9.17, 15) is 9.59 Å². The molecule has 2 amide bonds. The smallest absolute Gasteiger partial charge is 0.237 e. The van der Waals surface area contributed by atoms with Crippen LogP contribution >= 0.6 is 0 Å². The molecule has 1 aliphatic rings. The number of amides is 2. The Morgan fingerprint density at radius 1 is 1.38 bits per heavy atom. The zero-order chi connectivity index (χ0) is 11.9. The quantitative estimate of drug-likeness (QED) is 0.573. The molecule has 0 aliphatic carbocycles. The van der Waals surface area contributed by atoms with Gasteiger partial charge in [0.2, 0.25) is 11.8 Å². The van der Waals surface area contributed by atoms with E-state index in [2.05, 4.69) is 0 Å². The van der Waals surface area contributed by atoms with E-state index in [1.165, 1.54) is 4.90 Å². The van der Waals surface area contributed by atoms with Crippen LogP contribution in [0.5, 0.6) is 0 Å². The third-order valence-electron chi connectivity index (χ3n) is 2.89. The van der Waals surface area contributed by atoms with Crippen LogP contribution in [0.4, 0.5) is 11.4 Å². The summed E-state index contributed by atoms with van der Waals surface area (Å²) >= 11 is 0. The van der Waals surface area contributed by atoms with Gasteiger partial charge in [-0.1, -0.05) is 13.0 Å². The zero-order valence-electron chi connectivity index (χ0n) is 9.36. The fourth-order valence-electron chi connectivity index (χ4n) is 1.82. The number of hydrogen-bond donors (Lipinski definition) is 1. The van der Waals surface area contributed by atoms with Gasteiger partial charge in [-0.25, -0.2) is 0 Å². The van der Waals surface area contributed by atoms with Crippen molar-refractivity contribution in [1.82, 2.24) is 0 Å². The molecule has 2 N–H and O–H groups in total. The molecule has 0 saturated carbocycles. The highest BCUT2D eigenvalue weighted by molar-refractivity contribution is 6.20. The van der Waals surface area contributed by atoms with Crippen LogP contribution in [0.3, 0.4) is 0 Å². The molecule has 1 aromatic carbocycles. The topological polar surface area (TPSA) is 63.4 Å². The second-order valence-electron chi connectivity index (χ2n) is 4.21. The summed E-state index contributed by atoms with van der Waals surface area (Å²) in [4.78, 5) is 24.7. The number of aryl methyl sites for hydroxylation is 1. The number of benzene rings is 1. The van der Waals surface area contributed by atoms with Crippen molar-refractivity contribution in [2.45, 2.75) is 20.3 Å². The standard InChI is InChI=1S/C12H14N2O2/c1-7-3-4-9(6-10(7)13)14-11(15)5-8(2)12(14)16/h3-4,6,8H,5,13H2,1-2H3. The number of carbonyl (C=O) groups excluding carboxylic acids is 2. The molecule has 0 bridgehead atoms. The van der Waals surface area contributed by atoms with Gasteiger partial charge in [0.25, 0.3) is 0 Å². The highest BCUT2D eigenvalue weighted by Crippen LogP contribution is 2.28. The third kappa shape index (κ3) is 1.56. The molecule has 16 heavy (non-hydrogen) atoms. The number of imide groups is 1. The molecular formula is C12H14N2O2. The minimum absolute atomic E-state index is 0.145. The summed E-state index contributed by atoms with van der Waals surface area (Å²) in [7, 11) is 0. The Balaban J connectivity index is 2.41. The lowest BCUT2D eigenvalue weighted by molar-refractivity contribution is -0.122. The number of carbonyl (C=O) groups is 2. The van der Waals surface area contributed by atoms with Crippen molar-refractivity contribution in [3.05, 3.63) is 23.8 Å². The number of nitrogens with two attached hydrogens (primary N) is 1. The summed E-state index contributed by atoms with van der Waals surface area (Å²) in [6.45, 7) is 3.65. The number of hydrogen-bond acceptors (Lipinski definition) is 3. The maximum atomic E-state index is 11.8. The zero-order valence-corrected chi connectivity index (χ0v) is 9.36. The van der Waals surface area contributed by atoms with Crippen LogP contribution in [0, 0.1) is 12.8 Å². The molecule has 0 aromatic heterocycles. The predicted octanol–water partition coefficient (Wildman–Crippen LogP) is 1.48. The van der Waals surface area contributed by atoms with Gasteiger partial charge in [0.1, 0.15) is 0 Å². The first-order valence-electron chi connectivity index (χ1n) is 5.23. The van der Waals surface area contributed by atoms with Crippen LogP contribution in [0.1, 0.15) is 18.9 Å². The van der Waals surface area contributed by atoms with Crippen molar-refractivity contribution in [3.63, 3.8) is 0 Å². The lowest BCUT2D eigenvalue weighted by Crippen LogP contribution is -2.30. The molecule has 4 heteroatoms. The Kier molecular flexibility index (Phi) is 2.42. The van der Waals surface area contributed by atoms with Crippen LogP contribution in [0.2, 0.25) is 0 Å². The number of nitrogen functional groups attached to an aromatic ring is 1. The summed E-state index contributed by atoms with van der Waals surface area (Å²) in [6, 6.07) is 5.23. The van der Waals surface area contributed by atoms with Gasteiger partial charge >= 0.3 is 0 Å². The maximum absolute atomic E-state index is 11.8. The average Bonchev–Trinajstić information content (AvgIpc) is 2.47. The van der Waals surface area contributed by atoms with Gasteiger partial charge in [0.15, 0.2) is 0 Å². The number of nitrogens with zero attached hydrogens (tertiary/aromatic N) is 1. The van der Waals surface area contributed by atoms with E-state index in [4.69, 9.17) is 5.73 Å².